The second-order valence-corrected chi connectivity index (χ2v) is 11.0. The summed E-state index contributed by atoms with van der Waals surface area (Å²) in [6.45, 7) is 6.08. The van der Waals surface area contributed by atoms with Gasteiger partial charge in [0.15, 0.2) is 0 Å². The molecule has 1 aliphatic rings. The molecule has 1 saturated carbocycles. The maximum Gasteiger partial charge on any atom is 0.336 e. The second-order valence-electron chi connectivity index (χ2n) is 9.86. The number of carbonyl (C=O) groups is 3. The number of carboxylic acid groups (broad SMARTS) is 1. The van der Waals surface area contributed by atoms with Gasteiger partial charge >= 0.3 is 5.97 Å². The van der Waals surface area contributed by atoms with Crippen LogP contribution in [-0.4, -0.2) is 33.9 Å². The third-order valence-electron chi connectivity index (χ3n) is 6.84. The van der Waals surface area contributed by atoms with Crippen molar-refractivity contribution >= 4 is 53.1 Å². The Bertz CT molecular complexity index is 1280. The molecule has 0 bridgehead atoms. The first kappa shape index (κ1) is 26.9. The maximum absolute atomic E-state index is 13.7. The Morgan fingerprint density at radius 1 is 1.08 bits per heavy atom. The predicted molar refractivity (Wildman–Crippen MR) is 150 cm³/mol. The quantitative estimate of drug-likeness (QED) is 0.294. The summed E-state index contributed by atoms with van der Waals surface area (Å²) in [5.41, 5.74) is 4.48. The van der Waals surface area contributed by atoms with E-state index in [0.717, 1.165) is 31.2 Å². The number of nitrogens with one attached hydrogen (secondary N) is 1. The Kier molecular flexibility index (Phi) is 8.34. The van der Waals surface area contributed by atoms with Gasteiger partial charge in [0.25, 0.3) is 5.91 Å². The van der Waals surface area contributed by atoms with Crippen LogP contribution in [0.15, 0.2) is 52.2 Å². The molecule has 1 aliphatic carbocycles. The van der Waals surface area contributed by atoms with Crippen molar-refractivity contribution in [1.82, 2.24) is 4.98 Å². The largest absolute Gasteiger partial charge is 0.478 e. The van der Waals surface area contributed by atoms with Gasteiger partial charge in [-0.15, -0.1) is 24.0 Å². The molecule has 2 aromatic carbocycles. The van der Waals surface area contributed by atoms with Crippen molar-refractivity contribution in [2.75, 3.05) is 10.2 Å². The van der Waals surface area contributed by atoms with Crippen molar-refractivity contribution in [3.63, 3.8) is 0 Å². The molecule has 0 saturated heterocycles. The zero-order valence-corrected chi connectivity index (χ0v) is 22.8. The van der Waals surface area contributed by atoms with Crippen LogP contribution in [0.25, 0.3) is 11.1 Å². The smallest absolute Gasteiger partial charge is 0.336 e. The lowest BCUT2D eigenvalue weighted by atomic mass is 9.82. The zero-order chi connectivity index (χ0) is 26.7. The van der Waals surface area contributed by atoms with Crippen molar-refractivity contribution in [1.29, 1.82) is 0 Å². The number of hydrogen-bond donors (Lipinski definition) is 3. The minimum atomic E-state index is -1.11. The van der Waals surface area contributed by atoms with Gasteiger partial charge in [-0.1, -0.05) is 19.1 Å². The van der Waals surface area contributed by atoms with Crippen LogP contribution in [0.5, 0.6) is 0 Å². The number of thiol groups is 1. The average molecular weight is 538 g/mol. The van der Waals surface area contributed by atoms with Crippen LogP contribution in [0.4, 0.5) is 11.4 Å². The Hall–Kier alpha value is -3.17. The van der Waals surface area contributed by atoms with Gasteiger partial charge < -0.3 is 15.3 Å². The zero-order valence-electron chi connectivity index (χ0n) is 21.1. The van der Waals surface area contributed by atoms with E-state index in [1.54, 1.807) is 34.0 Å². The monoisotopic (exact) mass is 537 g/mol. The summed E-state index contributed by atoms with van der Waals surface area (Å²) in [5, 5.41) is 14.4. The standard InChI is InChI=1S/C28H31N3O4S2/c1-16(2)31(27(33)19-6-4-17(3)5-7-19)24-13-20(12-22(25(24)36)28(34)35)18-8-10-21(11-9-18)30-26(32)23-14-37-15-29-23/h8-17,19,36H,4-7H2,1-3H3,(H,30,32)(H,34,35). The molecule has 0 unspecified atom stereocenters. The number of thiazole rings is 1. The third kappa shape index (κ3) is 6.05. The second kappa shape index (κ2) is 11.5. The van der Waals surface area contributed by atoms with Crippen LogP contribution in [0.3, 0.4) is 0 Å². The number of hydrogen-bond acceptors (Lipinski definition) is 6. The first-order valence-corrected chi connectivity index (χ1v) is 13.8. The highest BCUT2D eigenvalue weighted by atomic mass is 32.1. The number of rotatable bonds is 7. The van der Waals surface area contributed by atoms with Gasteiger partial charge in [-0.25, -0.2) is 9.78 Å². The number of anilines is 2. The molecule has 0 radical (unpaired) electrons. The SMILES string of the molecule is CC1CCC(C(=O)N(c2cc(-c3ccc(NC(=O)c4cscn4)cc3)cc(C(=O)O)c2S)C(C)C)CC1. The number of aromatic nitrogens is 1. The van der Waals surface area contributed by atoms with Crippen molar-refractivity contribution in [3.05, 3.63) is 58.5 Å². The molecule has 1 heterocycles. The van der Waals surface area contributed by atoms with Crippen LogP contribution < -0.4 is 10.2 Å². The number of carboxylic acids is 1. The van der Waals surface area contributed by atoms with Crippen LogP contribution in [0, 0.1) is 11.8 Å². The molecule has 37 heavy (non-hydrogen) atoms. The molecule has 0 spiro atoms. The van der Waals surface area contributed by atoms with E-state index in [1.807, 2.05) is 32.0 Å². The van der Waals surface area contributed by atoms with Gasteiger partial charge in [-0.3, -0.25) is 9.59 Å². The van der Waals surface area contributed by atoms with Crippen LogP contribution in [0.1, 0.15) is 67.3 Å². The molecule has 4 rings (SSSR count). The summed E-state index contributed by atoms with van der Waals surface area (Å²) in [7, 11) is 0. The van der Waals surface area contributed by atoms with Gasteiger partial charge in [-0.2, -0.15) is 0 Å². The van der Waals surface area contributed by atoms with E-state index in [9.17, 15) is 19.5 Å². The Balaban J connectivity index is 1.67. The number of carbonyl (C=O) groups excluding carboxylic acids is 2. The molecule has 9 heteroatoms. The topological polar surface area (TPSA) is 99.6 Å². The highest BCUT2D eigenvalue weighted by Crippen LogP contribution is 2.38. The lowest BCUT2D eigenvalue weighted by Crippen LogP contribution is -2.42. The molecule has 0 atom stereocenters. The number of amides is 2. The van der Waals surface area contributed by atoms with Gasteiger partial charge in [0.2, 0.25) is 5.91 Å². The van der Waals surface area contributed by atoms with Gasteiger partial charge in [-0.05, 0) is 80.8 Å². The first-order valence-electron chi connectivity index (χ1n) is 12.4. The summed E-state index contributed by atoms with van der Waals surface area (Å²) in [6, 6.07) is 10.4. The van der Waals surface area contributed by atoms with Crippen molar-refractivity contribution in [2.24, 2.45) is 11.8 Å². The summed E-state index contributed by atoms with van der Waals surface area (Å²) in [5.74, 6) is -0.849. The van der Waals surface area contributed by atoms with Gasteiger partial charge in [0, 0.05) is 27.9 Å². The minimum absolute atomic E-state index is 0.0192. The first-order chi connectivity index (χ1) is 17.7. The molecule has 194 valence electrons. The minimum Gasteiger partial charge on any atom is -0.478 e. The fraction of sp³-hybridized carbons (Fsp3) is 0.357. The van der Waals surface area contributed by atoms with Crippen LogP contribution >= 0.6 is 24.0 Å². The van der Waals surface area contributed by atoms with Crippen molar-refractivity contribution in [2.45, 2.75) is 57.4 Å². The summed E-state index contributed by atoms with van der Waals surface area (Å²) < 4.78 is 0. The molecule has 1 fully saturated rings. The fourth-order valence-corrected chi connectivity index (χ4v) is 5.62. The normalized spacial score (nSPS) is 17.4. The average Bonchev–Trinajstić information content (AvgIpc) is 3.41. The van der Waals surface area contributed by atoms with Crippen molar-refractivity contribution in [3.8, 4) is 11.1 Å². The number of nitrogens with zero attached hydrogens (tertiary/aromatic N) is 2. The Morgan fingerprint density at radius 2 is 1.76 bits per heavy atom. The molecule has 3 aromatic rings. The molecule has 2 amide bonds. The molecular weight excluding hydrogens is 506 g/mol. The number of benzene rings is 2. The van der Waals surface area contributed by atoms with E-state index in [4.69, 9.17) is 0 Å². The van der Waals surface area contributed by atoms with Gasteiger partial charge in [0.05, 0.1) is 16.8 Å². The lowest BCUT2D eigenvalue weighted by Gasteiger charge is -2.34. The Labute approximate surface area is 226 Å². The van der Waals surface area contributed by atoms with E-state index in [-0.39, 0.29) is 34.2 Å². The van der Waals surface area contributed by atoms with E-state index in [0.29, 0.717) is 28.6 Å². The van der Waals surface area contributed by atoms with Crippen LogP contribution in [-0.2, 0) is 4.79 Å². The van der Waals surface area contributed by atoms with Crippen LogP contribution in [0.2, 0.25) is 0 Å². The van der Waals surface area contributed by atoms with Crippen molar-refractivity contribution < 1.29 is 19.5 Å². The Morgan fingerprint density at radius 3 is 2.32 bits per heavy atom. The molecule has 2 N–H and O–H groups in total. The summed E-state index contributed by atoms with van der Waals surface area (Å²) >= 11 is 5.92. The lowest BCUT2D eigenvalue weighted by molar-refractivity contribution is -0.123. The van der Waals surface area contributed by atoms with E-state index in [2.05, 4.69) is 29.9 Å². The summed E-state index contributed by atoms with van der Waals surface area (Å²) in [6.07, 6.45) is 3.71. The van der Waals surface area contributed by atoms with E-state index < -0.39 is 5.97 Å². The number of aromatic carboxylic acids is 1. The fourth-order valence-electron chi connectivity index (χ4n) is 4.75. The third-order valence-corrected chi connectivity index (χ3v) is 7.90. The molecule has 7 nitrogen and oxygen atoms in total. The summed E-state index contributed by atoms with van der Waals surface area (Å²) in [4.78, 5) is 44.1. The highest BCUT2D eigenvalue weighted by Gasteiger charge is 2.32. The van der Waals surface area contributed by atoms with E-state index >= 15 is 0 Å². The molecule has 0 aliphatic heterocycles. The molecule has 1 aromatic heterocycles. The highest BCUT2D eigenvalue weighted by molar-refractivity contribution is 7.80. The maximum atomic E-state index is 13.7. The van der Waals surface area contributed by atoms with Gasteiger partial charge in [0.1, 0.15) is 5.69 Å². The van der Waals surface area contributed by atoms with E-state index in [1.165, 1.54) is 11.3 Å². The predicted octanol–water partition coefficient (Wildman–Crippen LogP) is 6.62. The molecular formula is C28H31N3O4S2.